The Morgan fingerprint density at radius 2 is 2.05 bits per heavy atom. The molecule has 1 amide bonds. The largest absolute Gasteiger partial charge is 0.482 e. The minimum absolute atomic E-state index is 0.0323. The summed E-state index contributed by atoms with van der Waals surface area (Å²) < 4.78 is 5.41. The van der Waals surface area contributed by atoms with Gasteiger partial charge >= 0.3 is 0 Å². The Balaban J connectivity index is 2.66. The lowest BCUT2D eigenvalue weighted by atomic mass is 10.1. The molecule has 0 bridgehead atoms. The molecule has 0 aliphatic carbocycles. The van der Waals surface area contributed by atoms with Gasteiger partial charge in [0.25, 0.3) is 5.91 Å². The molecule has 0 heterocycles. The summed E-state index contributed by atoms with van der Waals surface area (Å²) >= 11 is 6.04. The van der Waals surface area contributed by atoms with Crippen molar-refractivity contribution >= 4 is 17.5 Å². The Hall–Kier alpha value is -1.26. The lowest BCUT2D eigenvalue weighted by Crippen LogP contribution is -2.34. The normalized spacial score (nSPS) is 12.1. The Morgan fingerprint density at radius 1 is 1.42 bits per heavy atom. The number of ether oxygens (including phenoxy) is 1. The van der Waals surface area contributed by atoms with Crippen LogP contribution in [0.1, 0.15) is 32.4 Å². The Kier molecular flexibility index (Phi) is 6.12. The van der Waals surface area contributed by atoms with Crippen LogP contribution in [0, 0.1) is 0 Å². The summed E-state index contributed by atoms with van der Waals surface area (Å²) in [5, 5.41) is 9.83. The van der Waals surface area contributed by atoms with Gasteiger partial charge in [0.15, 0.2) is 6.61 Å². The number of carbonyl (C=O) groups excluding carboxylic acids is 1. The summed E-state index contributed by atoms with van der Waals surface area (Å²) in [5.41, 5.74) is 0.715. The number of aliphatic hydroxyl groups is 1. The molecule has 4 nitrogen and oxygen atoms in total. The van der Waals surface area contributed by atoms with E-state index in [1.807, 2.05) is 13.8 Å². The third kappa shape index (κ3) is 4.40. The first-order valence-electron chi connectivity index (χ1n) is 6.37. The SMILES string of the molecule is CCN(CC)C(=O)COc1ccc([C@@H](C)O)cc1Cl. The van der Waals surface area contributed by atoms with Gasteiger partial charge < -0.3 is 14.7 Å². The molecular formula is C14H20ClNO3. The molecule has 0 saturated carbocycles. The average molecular weight is 286 g/mol. The lowest BCUT2D eigenvalue weighted by Gasteiger charge is -2.19. The fourth-order valence-electron chi connectivity index (χ4n) is 1.70. The van der Waals surface area contributed by atoms with E-state index in [1.54, 1.807) is 30.0 Å². The van der Waals surface area contributed by atoms with Crippen LogP contribution in [0.5, 0.6) is 5.75 Å². The van der Waals surface area contributed by atoms with Crippen LogP contribution >= 0.6 is 11.6 Å². The van der Waals surface area contributed by atoms with E-state index in [9.17, 15) is 9.90 Å². The predicted octanol–water partition coefficient (Wildman–Crippen LogP) is 2.64. The molecule has 0 unspecified atom stereocenters. The first-order chi connectivity index (χ1) is 8.99. The number of nitrogens with zero attached hydrogens (tertiary/aromatic N) is 1. The van der Waals surface area contributed by atoms with E-state index >= 15 is 0 Å². The standard InChI is InChI=1S/C14H20ClNO3/c1-4-16(5-2)14(18)9-19-13-7-6-11(10(3)17)8-12(13)15/h6-8,10,17H,4-5,9H2,1-3H3/t10-/m1/s1. The van der Waals surface area contributed by atoms with E-state index in [2.05, 4.69) is 0 Å². The van der Waals surface area contributed by atoms with Crippen molar-refractivity contribution < 1.29 is 14.6 Å². The van der Waals surface area contributed by atoms with Crippen molar-refractivity contribution in [2.45, 2.75) is 26.9 Å². The quantitative estimate of drug-likeness (QED) is 0.874. The number of likely N-dealkylation sites (N-methyl/N-ethyl adjacent to an activating group) is 1. The molecule has 5 heteroatoms. The molecule has 1 atom stereocenters. The molecular weight excluding hydrogens is 266 g/mol. The Morgan fingerprint density at radius 3 is 2.53 bits per heavy atom. The van der Waals surface area contributed by atoms with Gasteiger partial charge in [0.2, 0.25) is 0 Å². The number of halogens is 1. The molecule has 0 radical (unpaired) electrons. The summed E-state index contributed by atoms with van der Waals surface area (Å²) in [6.07, 6.45) is -0.580. The first-order valence-corrected chi connectivity index (χ1v) is 6.75. The number of carbonyl (C=O) groups is 1. The number of aliphatic hydroxyl groups excluding tert-OH is 1. The third-order valence-electron chi connectivity index (χ3n) is 2.91. The predicted molar refractivity (Wildman–Crippen MR) is 75.5 cm³/mol. The van der Waals surface area contributed by atoms with Gasteiger partial charge in [-0.1, -0.05) is 17.7 Å². The second-order valence-electron chi connectivity index (χ2n) is 4.22. The highest BCUT2D eigenvalue weighted by Crippen LogP contribution is 2.27. The van der Waals surface area contributed by atoms with Crippen molar-refractivity contribution in [3.05, 3.63) is 28.8 Å². The van der Waals surface area contributed by atoms with E-state index in [0.29, 0.717) is 29.4 Å². The van der Waals surface area contributed by atoms with Crippen LogP contribution in [0.25, 0.3) is 0 Å². The van der Waals surface area contributed by atoms with Crippen molar-refractivity contribution in [1.82, 2.24) is 4.90 Å². The zero-order chi connectivity index (χ0) is 14.4. The highest BCUT2D eigenvalue weighted by molar-refractivity contribution is 6.32. The Bertz CT molecular complexity index is 431. The van der Waals surface area contributed by atoms with Crippen molar-refractivity contribution in [3.63, 3.8) is 0 Å². The van der Waals surface area contributed by atoms with Crippen LogP contribution in [0.3, 0.4) is 0 Å². The van der Waals surface area contributed by atoms with Crippen LogP contribution in [0.15, 0.2) is 18.2 Å². The summed E-state index contributed by atoms with van der Waals surface area (Å²) in [7, 11) is 0. The van der Waals surface area contributed by atoms with E-state index in [4.69, 9.17) is 16.3 Å². The number of benzene rings is 1. The fraction of sp³-hybridized carbons (Fsp3) is 0.500. The van der Waals surface area contributed by atoms with Gasteiger partial charge in [0.05, 0.1) is 11.1 Å². The van der Waals surface area contributed by atoms with E-state index in [1.165, 1.54) is 0 Å². The van der Waals surface area contributed by atoms with Crippen LogP contribution in [0.2, 0.25) is 5.02 Å². The number of hydrogen-bond donors (Lipinski definition) is 1. The van der Waals surface area contributed by atoms with Gasteiger partial charge in [-0.05, 0) is 38.5 Å². The highest BCUT2D eigenvalue weighted by Gasteiger charge is 2.12. The molecule has 106 valence electrons. The van der Waals surface area contributed by atoms with Gasteiger partial charge in [-0.3, -0.25) is 4.79 Å². The third-order valence-corrected chi connectivity index (χ3v) is 3.20. The van der Waals surface area contributed by atoms with Crippen molar-refractivity contribution in [1.29, 1.82) is 0 Å². The number of hydrogen-bond acceptors (Lipinski definition) is 3. The molecule has 0 spiro atoms. The van der Waals surface area contributed by atoms with Crippen LogP contribution in [-0.4, -0.2) is 35.6 Å². The number of rotatable bonds is 6. The van der Waals surface area contributed by atoms with Gasteiger partial charge in [-0.2, -0.15) is 0 Å². The molecule has 1 aromatic carbocycles. The van der Waals surface area contributed by atoms with Crippen molar-refractivity contribution in [3.8, 4) is 5.75 Å². The molecule has 0 fully saturated rings. The zero-order valence-electron chi connectivity index (χ0n) is 11.5. The van der Waals surface area contributed by atoms with E-state index < -0.39 is 6.10 Å². The van der Waals surface area contributed by atoms with Gasteiger partial charge in [-0.15, -0.1) is 0 Å². The number of amides is 1. The van der Waals surface area contributed by atoms with Gasteiger partial charge in [0, 0.05) is 13.1 Å². The topological polar surface area (TPSA) is 49.8 Å². The molecule has 0 aliphatic heterocycles. The molecule has 0 saturated heterocycles. The maximum Gasteiger partial charge on any atom is 0.260 e. The molecule has 19 heavy (non-hydrogen) atoms. The lowest BCUT2D eigenvalue weighted by molar-refractivity contribution is -0.132. The maximum absolute atomic E-state index is 11.8. The first kappa shape index (κ1) is 15.8. The van der Waals surface area contributed by atoms with Crippen molar-refractivity contribution in [2.75, 3.05) is 19.7 Å². The van der Waals surface area contributed by atoms with Gasteiger partial charge in [0.1, 0.15) is 5.75 Å². The van der Waals surface area contributed by atoms with Gasteiger partial charge in [-0.25, -0.2) is 0 Å². The van der Waals surface area contributed by atoms with Crippen LogP contribution < -0.4 is 4.74 Å². The minimum atomic E-state index is -0.580. The summed E-state index contributed by atoms with van der Waals surface area (Å²) in [5.74, 6) is 0.382. The summed E-state index contributed by atoms with van der Waals surface area (Å²) in [4.78, 5) is 13.5. The average Bonchev–Trinajstić information content (AvgIpc) is 2.38. The van der Waals surface area contributed by atoms with E-state index in [0.717, 1.165) is 0 Å². The molecule has 0 aliphatic rings. The summed E-state index contributed by atoms with van der Waals surface area (Å²) in [6.45, 7) is 6.80. The summed E-state index contributed by atoms with van der Waals surface area (Å²) in [6, 6.07) is 5.04. The zero-order valence-corrected chi connectivity index (χ0v) is 12.3. The van der Waals surface area contributed by atoms with Crippen molar-refractivity contribution in [2.24, 2.45) is 0 Å². The minimum Gasteiger partial charge on any atom is -0.482 e. The van der Waals surface area contributed by atoms with Crippen LogP contribution in [0.4, 0.5) is 0 Å². The molecule has 1 aromatic rings. The maximum atomic E-state index is 11.8. The second kappa shape index (κ2) is 7.36. The fourth-order valence-corrected chi connectivity index (χ4v) is 1.94. The van der Waals surface area contributed by atoms with Crippen LogP contribution in [-0.2, 0) is 4.79 Å². The molecule has 1 rings (SSSR count). The Labute approximate surface area is 118 Å². The molecule has 1 N–H and O–H groups in total. The smallest absolute Gasteiger partial charge is 0.260 e. The highest BCUT2D eigenvalue weighted by atomic mass is 35.5. The van der Waals surface area contributed by atoms with E-state index in [-0.39, 0.29) is 12.5 Å². The second-order valence-corrected chi connectivity index (χ2v) is 4.63. The molecule has 0 aromatic heterocycles. The monoisotopic (exact) mass is 285 g/mol.